The summed E-state index contributed by atoms with van der Waals surface area (Å²) in [6, 6.07) is 9.06. The third-order valence-electron chi connectivity index (χ3n) is 7.68. The quantitative estimate of drug-likeness (QED) is 0.643. The fraction of sp³-hybridized carbons (Fsp3) is 0.519. The van der Waals surface area contributed by atoms with Crippen LogP contribution in [0.3, 0.4) is 0 Å². The molecule has 2 heterocycles. The van der Waals surface area contributed by atoms with E-state index in [0.29, 0.717) is 25.1 Å². The van der Waals surface area contributed by atoms with Crippen LogP contribution in [0.25, 0.3) is 0 Å². The van der Waals surface area contributed by atoms with Gasteiger partial charge in [0.15, 0.2) is 6.04 Å². The van der Waals surface area contributed by atoms with Gasteiger partial charge in [-0.3, -0.25) is 14.6 Å². The highest BCUT2D eigenvalue weighted by Gasteiger charge is 2.47. The van der Waals surface area contributed by atoms with Gasteiger partial charge in [0.2, 0.25) is 11.8 Å². The predicted octanol–water partition coefficient (Wildman–Crippen LogP) is 4.72. The molecule has 0 radical (unpaired) electrons. The van der Waals surface area contributed by atoms with Crippen LogP contribution >= 0.6 is 0 Å². The number of hydrogen-bond acceptors (Lipinski definition) is 4. The number of carbonyl (C=O) groups is 2. The first-order chi connectivity index (χ1) is 16.9. The normalized spacial score (nSPS) is 22.0. The minimum Gasteiger partial charge on any atom is -0.380 e. The number of rotatable bonds is 5. The largest absolute Gasteiger partial charge is 0.414 e. The third-order valence-corrected chi connectivity index (χ3v) is 7.68. The molecule has 0 bridgehead atoms. The third kappa shape index (κ3) is 5.06. The van der Waals surface area contributed by atoms with Gasteiger partial charge in [0, 0.05) is 38.5 Å². The van der Waals surface area contributed by atoms with Crippen LogP contribution in [0.5, 0.6) is 0 Å². The molecular weight excluding hydrogens is 469 g/mol. The Kier molecular flexibility index (Phi) is 7.03. The summed E-state index contributed by atoms with van der Waals surface area (Å²) in [5.41, 5.74) is 2.76. The van der Waals surface area contributed by atoms with E-state index in [4.69, 9.17) is 0 Å². The van der Waals surface area contributed by atoms with Crippen LogP contribution in [0.4, 0.5) is 18.9 Å². The number of anilines is 1. The number of nitrogens with zero attached hydrogens (tertiary/aromatic N) is 3. The first-order valence-corrected chi connectivity index (χ1v) is 12.3. The lowest BCUT2D eigenvalue weighted by Gasteiger charge is -2.36. The number of hydrogen-bond donors (Lipinski definition) is 1. The molecule has 0 saturated carbocycles. The lowest BCUT2D eigenvalue weighted by atomic mass is 9.83. The summed E-state index contributed by atoms with van der Waals surface area (Å²) in [5.74, 6) is -1.47. The van der Waals surface area contributed by atoms with Crippen molar-refractivity contribution in [3.8, 4) is 0 Å². The zero-order chi connectivity index (χ0) is 26.3. The van der Waals surface area contributed by atoms with Crippen LogP contribution in [-0.4, -0.2) is 59.0 Å². The average molecular weight is 503 g/mol. The smallest absolute Gasteiger partial charge is 0.380 e. The van der Waals surface area contributed by atoms with Gasteiger partial charge in [0.05, 0.1) is 23.5 Å². The number of pyridine rings is 1. The standard InChI is InChI=1S/C27H33F3N4O2/c1-17(35)34-13-7-9-19(16-34)25(36)33(4)24(27(28,29)30)22-12-11-20(15-31-22)32-23-14-18-8-5-6-10-21(18)26(23,2)3/h5-6,8,10-12,15,19,23-24,32H,7,9,13-14,16H2,1-4H3/t19?,23?,24-/m0/s1. The summed E-state index contributed by atoms with van der Waals surface area (Å²) in [7, 11) is 1.17. The Bertz CT molecular complexity index is 1120. The van der Waals surface area contributed by atoms with Gasteiger partial charge in [-0.2, -0.15) is 13.2 Å². The van der Waals surface area contributed by atoms with Gasteiger partial charge in [0.1, 0.15) is 0 Å². The van der Waals surface area contributed by atoms with Crippen LogP contribution in [0, 0.1) is 5.92 Å². The molecule has 6 nitrogen and oxygen atoms in total. The van der Waals surface area contributed by atoms with Gasteiger partial charge in [-0.05, 0) is 42.5 Å². The van der Waals surface area contributed by atoms with E-state index in [1.54, 1.807) is 6.07 Å². The Labute approximate surface area is 209 Å². The summed E-state index contributed by atoms with van der Waals surface area (Å²) in [5, 5.41) is 3.44. The van der Waals surface area contributed by atoms with Gasteiger partial charge >= 0.3 is 6.18 Å². The molecule has 1 saturated heterocycles. The highest BCUT2D eigenvalue weighted by molar-refractivity contribution is 5.81. The fourth-order valence-corrected chi connectivity index (χ4v) is 5.54. The first kappa shape index (κ1) is 26.0. The van der Waals surface area contributed by atoms with Gasteiger partial charge in [-0.25, -0.2) is 0 Å². The predicted molar refractivity (Wildman–Crippen MR) is 131 cm³/mol. The first-order valence-electron chi connectivity index (χ1n) is 12.3. The van der Waals surface area contributed by atoms with E-state index in [1.807, 2.05) is 12.1 Å². The highest BCUT2D eigenvalue weighted by atomic mass is 19.4. The van der Waals surface area contributed by atoms with E-state index >= 15 is 0 Å². The number of halogens is 3. The van der Waals surface area contributed by atoms with Crippen molar-refractivity contribution in [1.82, 2.24) is 14.8 Å². The van der Waals surface area contributed by atoms with Gasteiger partial charge < -0.3 is 15.1 Å². The fourth-order valence-electron chi connectivity index (χ4n) is 5.54. The lowest BCUT2D eigenvalue weighted by Crippen LogP contribution is -2.48. The molecule has 1 aromatic carbocycles. The molecule has 1 aliphatic carbocycles. The zero-order valence-electron chi connectivity index (χ0n) is 21.1. The Morgan fingerprint density at radius 2 is 1.92 bits per heavy atom. The monoisotopic (exact) mass is 502 g/mol. The van der Waals surface area contributed by atoms with Crippen LogP contribution in [0.1, 0.15) is 56.5 Å². The number of piperidine rings is 1. The van der Waals surface area contributed by atoms with E-state index in [9.17, 15) is 22.8 Å². The molecule has 0 spiro atoms. The molecule has 194 valence electrons. The van der Waals surface area contributed by atoms with E-state index in [0.717, 1.165) is 11.3 Å². The Morgan fingerprint density at radius 1 is 1.19 bits per heavy atom. The number of nitrogens with one attached hydrogen (secondary N) is 1. The molecule has 1 aliphatic heterocycles. The molecule has 1 N–H and O–H groups in total. The number of benzene rings is 1. The van der Waals surface area contributed by atoms with Crippen molar-refractivity contribution in [2.75, 3.05) is 25.5 Å². The van der Waals surface area contributed by atoms with Crippen molar-refractivity contribution >= 4 is 17.5 Å². The number of alkyl halides is 3. The summed E-state index contributed by atoms with van der Waals surface area (Å²) in [4.78, 5) is 31.2. The van der Waals surface area contributed by atoms with E-state index in [1.165, 1.54) is 42.3 Å². The maximum absolute atomic E-state index is 14.2. The summed E-state index contributed by atoms with van der Waals surface area (Å²) in [6.07, 6.45) is -1.44. The molecule has 2 aliphatic rings. The maximum Gasteiger partial charge on any atom is 0.414 e. The van der Waals surface area contributed by atoms with Crippen molar-refractivity contribution in [3.63, 3.8) is 0 Å². The second-order valence-corrected chi connectivity index (χ2v) is 10.4. The molecule has 4 rings (SSSR count). The molecular formula is C27H33F3N4O2. The number of aromatic nitrogens is 1. The van der Waals surface area contributed by atoms with Crippen LogP contribution < -0.4 is 5.32 Å². The van der Waals surface area contributed by atoms with Crippen molar-refractivity contribution in [2.24, 2.45) is 5.92 Å². The summed E-state index contributed by atoms with van der Waals surface area (Å²) >= 11 is 0. The van der Waals surface area contributed by atoms with Crippen molar-refractivity contribution in [2.45, 2.75) is 63.7 Å². The summed E-state index contributed by atoms with van der Waals surface area (Å²) < 4.78 is 42.5. The van der Waals surface area contributed by atoms with Crippen molar-refractivity contribution < 1.29 is 22.8 Å². The Hall–Kier alpha value is -3.10. The summed E-state index contributed by atoms with van der Waals surface area (Å²) in [6.45, 7) is 6.36. The molecule has 1 aromatic heterocycles. The second kappa shape index (κ2) is 9.75. The zero-order valence-corrected chi connectivity index (χ0v) is 21.1. The molecule has 3 atom stereocenters. The highest BCUT2D eigenvalue weighted by Crippen LogP contribution is 2.41. The molecule has 2 unspecified atom stereocenters. The number of amides is 2. The second-order valence-electron chi connectivity index (χ2n) is 10.4. The van der Waals surface area contributed by atoms with Gasteiger partial charge in [-0.15, -0.1) is 0 Å². The maximum atomic E-state index is 14.2. The molecule has 1 fully saturated rings. The minimum atomic E-state index is -4.70. The van der Waals surface area contributed by atoms with E-state index < -0.39 is 24.0 Å². The van der Waals surface area contributed by atoms with E-state index in [2.05, 4.69) is 36.3 Å². The number of carbonyl (C=O) groups excluding carboxylic acids is 2. The van der Waals surface area contributed by atoms with Crippen LogP contribution in [0.15, 0.2) is 42.6 Å². The SMILES string of the molecule is CC(=O)N1CCCC(C(=O)N(C)[C@@H](c2ccc(NC3Cc4ccccc4C3(C)C)cn2)C(F)(F)F)C1. The number of likely N-dealkylation sites (tertiary alicyclic amines) is 1. The van der Waals surface area contributed by atoms with Crippen molar-refractivity contribution in [1.29, 1.82) is 0 Å². The molecule has 2 amide bonds. The van der Waals surface area contributed by atoms with Gasteiger partial charge in [0.25, 0.3) is 0 Å². The Balaban J connectivity index is 1.50. The van der Waals surface area contributed by atoms with Gasteiger partial charge in [-0.1, -0.05) is 38.1 Å². The average Bonchev–Trinajstić information content (AvgIpc) is 3.08. The minimum absolute atomic E-state index is 0.0701. The van der Waals surface area contributed by atoms with E-state index in [-0.39, 0.29) is 29.6 Å². The molecule has 36 heavy (non-hydrogen) atoms. The Morgan fingerprint density at radius 3 is 2.53 bits per heavy atom. The number of fused-ring (bicyclic) bond motifs is 1. The van der Waals surface area contributed by atoms with Crippen LogP contribution in [-0.2, 0) is 21.4 Å². The topological polar surface area (TPSA) is 65.5 Å². The lowest BCUT2D eigenvalue weighted by molar-refractivity contribution is -0.192. The van der Waals surface area contributed by atoms with Crippen molar-refractivity contribution in [3.05, 3.63) is 59.4 Å². The van der Waals surface area contributed by atoms with Crippen LogP contribution in [0.2, 0.25) is 0 Å². The molecule has 2 aromatic rings. The molecule has 9 heteroatoms.